The topological polar surface area (TPSA) is 93.1 Å². The van der Waals surface area contributed by atoms with Gasteiger partial charge in [0.2, 0.25) is 5.95 Å². The van der Waals surface area contributed by atoms with Crippen molar-refractivity contribution in [3.63, 3.8) is 0 Å². The van der Waals surface area contributed by atoms with Gasteiger partial charge in [0.1, 0.15) is 11.6 Å². The van der Waals surface area contributed by atoms with Crippen LogP contribution < -0.4 is 21.9 Å². The zero-order valence-corrected chi connectivity index (χ0v) is 10.3. The van der Waals surface area contributed by atoms with Crippen molar-refractivity contribution in [1.82, 2.24) is 9.97 Å². The van der Waals surface area contributed by atoms with Crippen LogP contribution in [-0.2, 0) is 0 Å². The standard InChI is InChI=1S/C11H20N6/c1-7-3-4-17(8(2)5-7)10-6-9(16-13)14-11(12)15-10/h6-8H,3-5,13H2,1-2H3,(H3,12,14,15,16). The van der Waals surface area contributed by atoms with Crippen LogP contribution in [0.3, 0.4) is 0 Å². The molecule has 2 rings (SSSR count). The summed E-state index contributed by atoms with van der Waals surface area (Å²) in [7, 11) is 0. The first-order valence-corrected chi connectivity index (χ1v) is 5.98. The summed E-state index contributed by atoms with van der Waals surface area (Å²) in [5, 5.41) is 0. The van der Waals surface area contributed by atoms with Crippen molar-refractivity contribution >= 4 is 17.6 Å². The molecule has 6 nitrogen and oxygen atoms in total. The van der Waals surface area contributed by atoms with E-state index in [1.165, 1.54) is 12.8 Å². The second-order valence-electron chi connectivity index (χ2n) is 4.79. The SMILES string of the molecule is CC1CCN(c2cc(NN)nc(N)n2)C(C)C1. The number of hydrogen-bond acceptors (Lipinski definition) is 6. The number of nitrogen functional groups attached to an aromatic ring is 2. The van der Waals surface area contributed by atoms with Crippen molar-refractivity contribution in [1.29, 1.82) is 0 Å². The first kappa shape index (κ1) is 11.9. The number of nitrogens with zero attached hydrogens (tertiary/aromatic N) is 3. The monoisotopic (exact) mass is 236 g/mol. The highest BCUT2D eigenvalue weighted by Gasteiger charge is 2.24. The normalized spacial score (nSPS) is 24.8. The Hall–Kier alpha value is -1.56. The van der Waals surface area contributed by atoms with Crippen molar-refractivity contribution < 1.29 is 0 Å². The molecule has 0 bridgehead atoms. The summed E-state index contributed by atoms with van der Waals surface area (Å²) in [4.78, 5) is 10.5. The van der Waals surface area contributed by atoms with Crippen molar-refractivity contribution in [2.24, 2.45) is 11.8 Å². The minimum absolute atomic E-state index is 0.251. The summed E-state index contributed by atoms with van der Waals surface area (Å²) in [6.07, 6.45) is 2.36. The molecular formula is C11H20N6. The zero-order valence-electron chi connectivity index (χ0n) is 10.3. The second-order valence-corrected chi connectivity index (χ2v) is 4.79. The number of hydrogen-bond donors (Lipinski definition) is 3. The number of aromatic nitrogens is 2. The van der Waals surface area contributed by atoms with E-state index in [-0.39, 0.29) is 5.95 Å². The van der Waals surface area contributed by atoms with Gasteiger partial charge in [0, 0.05) is 18.7 Å². The molecule has 0 aromatic carbocycles. The van der Waals surface area contributed by atoms with Crippen LogP contribution in [0.4, 0.5) is 17.6 Å². The van der Waals surface area contributed by atoms with Crippen LogP contribution in [0.2, 0.25) is 0 Å². The van der Waals surface area contributed by atoms with E-state index in [0.717, 1.165) is 18.3 Å². The highest BCUT2D eigenvalue weighted by atomic mass is 15.3. The number of nitrogens with one attached hydrogen (secondary N) is 1. The molecule has 1 saturated heterocycles. The lowest BCUT2D eigenvalue weighted by Gasteiger charge is -2.37. The third kappa shape index (κ3) is 2.58. The van der Waals surface area contributed by atoms with Crippen LogP contribution in [0.1, 0.15) is 26.7 Å². The van der Waals surface area contributed by atoms with Gasteiger partial charge in [0.25, 0.3) is 0 Å². The largest absolute Gasteiger partial charge is 0.368 e. The molecule has 2 atom stereocenters. The minimum Gasteiger partial charge on any atom is -0.368 e. The molecule has 1 aliphatic heterocycles. The Morgan fingerprint density at radius 1 is 1.41 bits per heavy atom. The first-order valence-electron chi connectivity index (χ1n) is 5.98. The average Bonchev–Trinajstić information content (AvgIpc) is 2.28. The van der Waals surface area contributed by atoms with Gasteiger partial charge in [0.15, 0.2) is 0 Å². The average molecular weight is 236 g/mol. The van der Waals surface area contributed by atoms with E-state index >= 15 is 0 Å². The number of rotatable bonds is 2. The van der Waals surface area contributed by atoms with Crippen molar-refractivity contribution in [3.8, 4) is 0 Å². The van der Waals surface area contributed by atoms with Gasteiger partial charge in [-0.2, -0.15) is 9.97 Å². The van der Waals surface area contributed by atoms with Gasteiger partial charge in [-0.25, -0.2) is 5.84 Å². The Kier molecular flexibility index (Phi) is 3.33. The van der Waals surface area contributed by atoms with E-state index in [0.29, 0.717) is 11.9 Å². The molecule has 5 N–H and O–H groups in total. The third-order valence-electron chi connectivity index (χ3n) is 3.31. The van der Waals surface area contributed by atoms with E-state index in [2.05, 4.69) is 34.1 Å². The van der Waals surface area contributed by atoms with Gasteiger partial charge >= 0.3 is 0 Å². The Morgan fingerprint density at radius 2 is 2.18 bits per heavy atom. The summed E-state index contributed by atoms with van der Waals surface area (Å²) in [5.74, 6) is 7.79. The second kappa shape index (κ2) is 4.75. The molecule has 94 valence electrons. The Bertz CT molecular complexity index is 394. The minimum atomic E-state index is 0.251. The van der Waals surface area contributed by atoms with E-state index in [9.17, 15) is 0 Å². The fourth-order valence-electron chi connectivity index (χ4n) is 2.42. The number of anilines is 3. The van der Waals surface area contributed by atoms with Gasteiger partial charge in [-0.3, -0.25) is 0 Å². The van der Waals surface area contributed by atoms with Gasteiger partial charge in [0.05, 0.1) is 0 Å². The molecular weight excluding hydrogens is 216 g/mol. The summed E-state index contributed by atoms with van der Waals surface area (Å²) < 4.78 is 0. The first-order chi connectivity index (χ1) is 8.10. The van der Waals surface area contributed by atoms with E-state index < -0.39 is 0 Å². The summed E-state index contributed by atoms with van der Waals surface area (Å²) in [6, 6.07) is 2.31. The molecule has 0 spiro atoms. The molecule has 1 fully saturated rings. The highest BCUT2D eigenvalue weighted by molar-refractivity contribution is 5.52. The van der Waals surface area contributed by atoms with Crippen LogP contribution in [0.5, 0.6) is 0 Å². The molecule has 6 heteroatoms. The fourth-order valence-corrected chi connectivity index (χ4v) is 2.42. The van der Waals surface area contributed by atoms with E-state index in [1.807, 2.05) is 6.07 Å². The smallest absolute Gasteiger partial charge is 0.223 e. The lowest BCUT2D eigenvalue weighted by atomic mass is 9.93. The quantitative estimate of drug-likeness (QED) is 0.523. The molecule has 1 aliphatic rings. The molecule has 1 aromatic rings. The maximum Gasteiger partial charge on any atom is 0.223 e. The van der Waals surface area contributed by atoms with Crippen molar-refractivity contribution in [3.05, 3.63) is 6.07 Å². The number of hydrazine groups is 1. The Morgan fingerprint density at radius 3 is 2.82 bits per heavy atom. The van der Waals surface area contributed by atoms with Crippen molar-refractivity contribution in [2.45, 2.75) is 32.7 Å². The summed E-state index contributed by atoms with van der Waals surface area (Å²) >= 11 is 0. The van der Waals surface area contributed by atoms with Gasteiger partial charge in [-0.1, -0.05) is 6.92 Å². The highest BCUT2D eigenvalue weighted by Crippen LogP contribution is 2.27. The molecule has 0 radical (unpaired) electrons. The number of piperidine rings is 1. The maximum atomic E-state index is 5.67. The predicted molar refractivity (Wildman–Crippen MR) is 69.5 cm³/mol. The zero-order chi connectivity index (χ0) is 12.4. The molecule has 0 saturated carbocycles. The third-order valence-corrected chi connectivity index (χ3v) is 3.31. The maximum absolute atomic E-state index is 5.67. The van der Waals surface area contributed by atoms with Gasteiger partial charge < -0.3 is 16.1 Å². The molecule has 2 unspecified atom stereocenters. The van der Waals surface area contributed by atoms with Gasteiger partial charge in [-0.15, -0.1) is 0 Å². The molecule has 2 heterocycles. The Labute approximate surface area is 101 Å². The predicted octanol–water partition coefficient (Wildman–Crippen LogP) is 0.969. The molecule has 0 aliphatic carbocycles. The van der Waals surface area contributed by atoms with Crippen molar-refractivity contribution in [2.75, 3.05) is 22.6 Å². The van der Waals surface area contributed by atoms with E-state index in [1.54, 1.807) is 0 Å². The lowest BCUT2D eigenvalue weighted by molar-refractivity contribution is 0.376. The summed E-state index contributed by atoms with van der Waals surface area (Å²) in [5.41, 5.74) is 8.18. The molecule has 0 amide bonds. The molecule has 1 aromatic heterocycles. The lowest BCUT2D eigenvalue weighted by Crippen LogP contribution is -2.40. The Balaban J connectivity index is 2.24. The summed E-state index contributed by atoms with van der Waals surface area (Å²) in [6.45, 7) is 5.50. The van der Waals surface area contributed by atoms with Crippen LogP contribution in [0, 0.1) is 5.92 Å². The van der Waals surface area contributed by atoms with Crippen LogP contribution in [-0.4, -0.2) is 22.6 Å². The number of nitrogens with two attached hydrogens (primary N) is 2. The van der Waals surface area contributed by atoms with Crippen LogP contribution in [0.15, 0.2) is 6.07 Å². The van der Waals surface area contributed by atoms with E-state index in [4.69, 9.17) is 11.6 Å². The molecule has 17 heavy (non-hydrogen) atoms. The van der Waals surface area contributed by atoms with Crippen LogP contribution >= 0.6 is 0 Å². The fraction of sp³-hybridized carbons (Fsp3) is 0.636. The van der Waals surface area contributed by atoms with Gasteiger partial charge in [-0.05, 0) is 25.7 Å². The van der Waals surface area contributed by atoms with Crippen LogP contribution in [0.25, 0.3) is 0 Å².